The predicted octanol–water partition coefficient (Wildman–Crippen LogP) is 3.53. The average Bonchev–Trinajstić information content (AvgIpc) is 2.67. The van der Waals surface area contributed by atoms with Crippen molar-refractivity contribution in [3.8, 4) is 0 Å². The fraction of sp³-hybridized carbons (Fsp3) is 0.154. The second-order valence-electron chi connectivity index (χ2n) is 3.77. The summed E-state index contributed by atoms with van der Waals surface area (Å²) in [7, 11) is 0. The maximum absolute atomic E-state index is 12.0. The molecule has 104 valence electrons. The van der Waals surface area contributed by atoms with Crippen LogP contribution in [0.15, 0.2) is 29.2 Å². The third-order valence-electron chi connectivity index (χ3n) is 2.41. The molecular formula is C13H10ClNO4S. The van der Waals surface area contributed by atoms with Crippen LogP contribution in [0.1, 0.15) is 12.5 Å². The first-order chi connectivity index (χ1) is 9.52. The molecule has 1 aliphatic rings. The van der Waals surface area contributed by atoms with Crippen LogP contribution in [0.25, 0.3) is 6.08 Å². The first-order valence-corrected chi connectivity index (χ1v) is 6.92. The minimum absolute atomic E-state index is 0.0940. The Morgan fingerprint density at radius 2 is 2.00 bits per heavy atom. The zero-order valence-corrected chi connectivity index (χ0v) is 12.0. The maximum atomic E-state index is 12.0. The van der Waals surface area contributed by atoms with E-state index in [4.69, 9.17) is 11.6 Å². The molecule has 0 bridgehead atoms. The molecule has 7 heteroatoms. The Balaban J connectivity index is 2.23. The Morgan fingerprint density at radius 1 is 1.35 bits per heavy atom. The van der Waals surface area contributed by atoms with Gasteiger partial charge >= 0.3 is 11.3 Å². The van der Waals surface area contributed by atoms with Crippen molar-refractivity contribution < 1.29 is 19.1 Å². The molecule has 0 aromatic heterocycles. The predicted molar refractivity (Wildman–Crippen MR) is 76.3 cm³/mol. The highest BCUT2D eigenvalue weighted by molar-refractivity contribution is 8.18. The van der Waals surface area contributed by atoms with Gasteiger partial charge in [-0.15, -0.1) is 0 Å². The van der Waals surface area contributed by atoms with E-state index < -0.39 is 17.2 Å². The van der Waals surface area contributed by atoms with Gasteiger partial charge in [0.15, 0.2) is 0 Å². The number of halogens is 1. The van der Waals surface area contributed by atoms with Crippen LogP contribution in [0.4, 0.5) is 9.59 Å². The molecule has 0 unspecified atom stereocenters. The van der Waals surface area contributed by atoms with Gasteiger partial charge in [0.1, 0.15) is 0 Å². The fourth-order valence-electron chi connectivity index (χ4n) is 1.52. The number of nitrogens with zero attached hydrogens (tertiary/aromatic N) is 1. The zero-order valence-electron chi connectivity index (χ0n) is 10.5. The number of imide groups is 3. The van der Waals surface area contributed by atoms with Gasteiger partial charge in [-0.2, -0.15) is 4.90 Å². The van der Waals surface area contributed by atoms with E-state index in [0.717, 1.165) is 0 Å². The minimum Gasteiger partial charge on any atom is -0.449 e. The number of carbonyl (C=O) groups is 3. The van der Waals surface area contributed by atoms with Gasteiger partial charge in [-0.3, -0.25) is 9.59 Å². The normalized spacial score (nSPS) is 16.9. The summed E-state index contributed by atoms with van der Waals surface area (Å²) in [6, 6.07) is 6.76. The quantitative estimate of drug-likeness (QED) is 0.782. The molecule has 0 spiro atoms. The molecule has 1 aromatic rings. The highest BCUT2D eigenvalue weighted by Crippen LogP contribution is 2.32. The summed E-state index contributed by atoms with van der Waals surface area (Å²) < 4.78 is 4.67. The van der Waals surface area contributed by atoms with Crippen LogP contribution >= 0.6 is 23.4 Å². The van der Waals surface area contributed by atoms with Crippen LogP contribution in [0.5, 0.6) is 0 Å². The van der Waals surface area contributed by atoms with Gasteiger partial charge in [0, 0.05) is 5.02 Å². The van der Waals surface area contributed by atoms with Crippen molar-refractivity contribution in [2.45, 2.75) is 6.92 Å². The van der Waals surface area contributed by atoms with E-state index in [0.29, 0.717) is 27.2 Å². The van der Waals surface area contributed by atoms with Crippen molar-refractivity contribution in [1.82, 2.24) is 4.90 Å². The summed E-state index contributed by atoms with van der Waals surface area (Å²) in [5.74, 6) is -0.673. The second-order valence-corrected chi connectivity index (χ2v) is 5.20. The molecule has 0 saturated carbocycles. The molecule has 2 rings (SSSR count). The van der Waals surface area contributed by atoms with Crippen LogP contribution in [0.3, 0.4) is 0 Å². The number of carbonyl (C=O) groups excluding carboxylic acids is 3. The SMILES string of the molecule is CCOC(=O)N1C(=O)SC(=Cc2ccc(Cl)cc2)C1=O. The molecule has 1 saturated heterocycles. The van der Waals surface area contributed by atoms with Crippen LogP contribution in [0, 0.1) is 0 Å². The molecule has 0 aliphatic carbocycles. The topological polar surface area (TPSA) is 63.7 Å². The summed E-state index contributed by atoms with van der Waals surface area (Å²) in [4.78, 5) is 35.8. The first-order valence-electron chi connectivity index (χ1n) is 5.73. The lowest BCUT2D eigenvalue weighted by molar-refractivity contribution is -0.121. The number of hydrogen-bond donors (Lipinski definition) is 0. The first kappa shape index (κ1) is 14.6. The number of benzene rings is 1. The highest BCUT2D eigenvalue weighted by Gasteiger charge is 2.40. The van der Waals surface area contributed by atoms with Crippen LogP contribution in [0.2, 0.25) is 5.02 Å². The Hall–Kier alpha value is -1.79. The molecule has 0 radical (unpaired) electrons. The average molecular weight is 312 g/mol. The van der Waals surface area contributed by atoms with Crippen molar-refractivity contribution in [3.05, 3.63) is 39.8 Å². The molecule has 0 atom stereocenters. The Morgan fingerprint density at radius 3 is 2.60 bits per heavy atom. The van der Waals surface area contributed by atoms with Crippen molar-refractivity contribution >= 4 is 46.7 Å². The van der Waals surface area contributed by atoms with Gasteiger partial charge < -0.3 is 4.74 Å². The molecule has 3 amide bonds. The number of hydrogen-bond acceptors (Lipinski definition) is 5. The molecule has 0 N–H and O–H groups in total. The van der Waals surface area contributed by atoms with E-state index in [9.17, 15) is 14.4 Å². The van der Waals surface area contributed by atoms with Gasteiger partial charge in [0.25, 0.3) is 5.91 Å². The molecule has 5 nitrogen and oxygen atoms in total. The lowest BCUT2D eigenvalue weighted by atomic mass is 10.2. The largest absolute Gasteiger partial charge is 0.449 e. The molecule has 1 heterocycles. The van der Waals surface area contributed by atoms with Crippen molar-refractivity contribution in [1.29, 1.82) is 0 Å². The van der Waals surface area contributed by atoms with E-state index in [1.54, 1.807) is 31.2 Å². The lowest BCUT2D eigenvalue weighted by Crippen LogP contribution is -2.35. The number of thioether (sulfide) groups is 1. The molecule has 1 aliphatic heterocycles. The van der Waals surface area contributed by atoms with Gasteiger partial charge in [-0.1, -0.05) is 23.7 Å². The van der Waals surface area contributed by atoms with Crippen molar-refractivity contribution in [2.24, 2.45) is 0 Å². The lowest BCUT2D eigenvalue weighted by Gasteiger charge is -2.09. The Kier molecular flexibility index (Phi) is 4.46. The van der Waals surface area contributed by atoms with Crippen LogP contribution < -0.4 is 0 Å². The van der Waals surface area contributed by atoms with Crippen LogP contribution in [-0.4, -0.2) is 28.7 Å². The van der Waals surface area contributed by atoms with Gasteiger partial charge in [0.05, 0.1) is 11.5 Å². The third-order valence-corrected chi connectivity index (χ3v) is 3.53. The summed E-state index contributed by atoms with van der Waals surface area (Å²) in [5.41, 5.74) is 0.712. The van der Waals surface area contributed by atoms with E-state index in [1.165, 1.54) is 6.08 Å². The van der Waals surface area contributed by atoms with Crippen molar-refractivity contribution in [2.75, 3.05) is 6.61 Å². The van der Waals surface area contributed by atoms with Crippen LogP contribution in [-0.2, 0) is 9.53 Å². The number of rotatable bonds is 2. The molecule has 20 heavy (non-hydrogen) atoms. The van der Waals surface area contributed by atoms with Crippen molar-refractivity contribution in [3.63, 3.8) is 0 Å². The fourth-order valence-corrected chi connectivity index (χ4v) is 2.46. The van der Waals surface area contributed by atoms with Gasteiger partial charge in [-0.25, -0.2) is 4.79 Å². The number of amides is 3. The summed E-state index contributed by atoms with van der Waals surface area (Å²) >= 11 is 6.46. The van der Waals surface area contributed by atoms with E-state index in [2.05, 4.69) is 4.74 Å². The molecular weight excluding hydrogens is 302 g/mol. The Labute approximate surface area is 124 Å². The zero-order chi connectivity index (χ0) is 14.7. The molecule has 1 aromatic carbocycles. The Bertz CT molecular complexity index is 597. The standard InChI is InChI=1S/C13H10ClNO4S/c1-2-19-12(17)15-11(16)10(20-13(15)18)7-8-3-5-9(14)6-4-8/h3-7H,2H2,1H3. The highest BCUT2D eigenvalue weighted by atomic mass is 35.5. The summed E-state index contributed by atoms with van der Waals surface area (Å²) in [5, 5.41) is -0.0876. The summed E-state index contributed by atoms with van der Waals surface area (Å²) in [6.07, 6.45) is 0.579. The van der Waals surface area contributed by atoms with E-state index in [-0.39, 0.29) is 11.5 Å². The van der Waals surface area contributed by atoms with Gasteiger partial charge in [-0.05, 0) is 42.5 Å². The smallest absolute Gasteiger partial charge is 0.424 e. The van der Waals surface area contributed by atoms with Gasteiger partial charge in [0.2, 0.25) is 0 Å². The molecule has 1 fully saturated rings. The summed E-state index contributed by atoms with van der Waals surface area (Å²) in [6.45, 7) is 1.69. The minimum atomic E-state index is -0.950. The van der Waals surface area contributed by atoms with E-state index in [1.807, 2.05) is 0 Å². The maximum Gasteiger partial charge on any atom is 0.424 e. The van der Waals surface area contributed by atoms with E-state index >= 15 is 0 Å². The number of ether oxygens (including phenoxy) is 1. The third kappa shape index (κ3) is 3.02. The second kappa shape index (κ2) is 6.11. The monoisotopic (exact) mass is 311 g/mol.